The monoisotopic (exact) mass is 336 g/mol. The van der Waals surface area contributed by atoms with Crippen LogP contribution < -0.4 is 0 Å². The predicted molar refractivity (Wildman–Crippen MR) is 106 cm³/mol. The quantitative estimate of drug-likeness (QED) is 0.739. The zero-order valence-corrected chi connectivity index (χ0v) is 15.8. The Labute approximate surface area is 153 Å². The lowest BCUT2D eigenvalue weighted by atomic mass is 9.49. The molecule has 134 valence electrons. The summed E-state index contributed by atoms with van der Waals surface area (Å²) in [6.07, 6.45) is 9.89. The van der Waals surface area contributed by atoms with Crippen LogP contribution in [0.15, 0.2) is 48.1 Å². The van der Waals surface area contributed by atoms with Gasteiger partial charge in [0, 0.05) is 39.3 Å². The van der Waals surface area contributed by atoms with Gasteiger partial charge in [0.25, 0.3) is 0 Å². The molecule has 1 heterocycles. The van der Waals surface area contributed by atoms with E-state index < -0.39 is 0 Å². The van der Waals surface area contributed by atoms with Crippen molar-refractivity contribution in [3.05, 3.63) is 53.6 Å². The van der Waals surface area contributed by atoms with E-state index in [1.807, 2.05) is 0 Å². The first-order valence-electron chi connectivity index (χ1n) is 9.98. The molecule has 2 atom stereocenters. The van der Waals surface area contributed by atoms with E-state index in [0.717, 1.165) is 18.4 Å². The van der Waals surface area contributed by atoms with Gasteiger partial charge in [-0.05, 0) is 35.7 Å². The van der Waals surface area contributed by atoms with Crippen molar-refractivity contribution in [3.8, 4) is 0 Å². The molecule has 5 rings (SSSR count). The zero-order chi connectivity index (χ0) is 17.3. The smallest absolute Gasteiger partial charge is 0.0196 e. The molecule has 2 fully saturated rings. The molecule has 1 saturated heterocycles. The standard InChI is InChI=1S/C23H32N2/c1-23(2)21-11-10-20(22(23)17-21)18-25-15-13-24(14-16-25)12-6-9-19-7-4-3-5-8-19/h3-10,21-22H,11-18H2,1-2H3. The summed E-state index contributed by atoms with van der Waals surface area (Å²) in [5.41, 5.74) is 3.60. The Morgan fingerprint density at radius 2 is 1.76 bits per heavy atom. The SMILES string of the molecule is CC1(C)C2CC=C(CN3CCN(CC=Cc4ccccc4)CC3)C1C2. The second-order valence-corrected chi connectivity index (χ2v) is 8.71. The average molecular weight is 337 g/mol. The molecule has 0 spiro atoms. The van der Waals surface area contributed by atoms with E-state index in [1.165, 1.54) is 51.1 Å². The minimum Gasteiger partial charge on any atom is -0.297 e. The predicted octanol–water partition coefficient (Wildman–Crippen LogP) is 4.31. The van der Waals surface area contributed by atoms with E-state index in [0.29, 0.717) is 5.41 Å². The Morgan fingerprint density at radius 3 is 2.44 bits per heavy atom. The number of fused-ring (bicyclic) bond motifs is 1. The van der Waals surface area contributed by atoms with Gasteiger partial charge in [0.2, 0.25) is 0 Å². The Kier molecular flexibility index (Phi) is 4.84. The van der Waals surface area contributed by atoms with E-state index in [4.69, 9.17) is 0 Å². The van der Waals surface area contributed by atoms with Crippen molar-refractivity contribution in [3.63, 3.8) is 0 Å². The number of benzene rings is 1. The van der Waals surface area contributed by atoms with E-state index >= 15 is 0 Å². The maximum atomic E-state index is 2.68. The van der Waals surface area contributed by atoms with Crippen LogP contribution >= 0.6 is 0 Å². The number of nitrogens with zero attached hydrogens (tertiary/aromatic N) is 2. The van der Waals surface area contributed by atoms with Crippen molar-refractivity contribution in [2.45, 2.75) is 26.7 Å². The van der Waals surface area contributed by atoms with Gasteiger partial charge in [0.1, 0.15) is 0 Å². The van der Waals surface area contributed by atoms with Crippen LogP contribution in [0.1, 0.15) is 32.3 Å². The molecule has 25 heavy (non-hydrogen) atoms. The summed E-state index contributed by atoms with van der Waals surface area (Å²) in [5, 5.41) is 0. The summed E-state index contributed by atoms with van der Waals surface area (Å²) in [6, 6.07) is 10.6. The minimum atomic E-state index is 0.564. The van der Waals surface area contributed by atoms with Crippen molar-refractivity contribution in [1.29, 1.82) is 0 Å². The van der Waals surface area contributed by atoms with Crippen molar-refractivity contribution >= 4 is 6.08 Å². The molecule has 1 aliphatic heterocycles. The first-order chi connectivity index (χ1) is 12.1. The Morgan fingerprint density at radius 1 is 1.04 bits per heavy atom. The van der Waals surface area contributed by atoms with Crippen LogP contribution in [0.3, 0.4) is 0 Å². The third kappa shape index (κ3) is 3.61. The molecule has 0 amide bonds. The van der Waals surface area contributed by atoms with Crippen LogP contribution in [-0.4, -0.2) is 49.1 Å². The summed E-state index contributed by atoms with van der Waals surface area (Å²) in [6.45, 7) is 12.1. The fourth-order valence-corrected chi connectivity index (χ4v) is 4.95. The summed E-state index contributed by atoms with van der Waals surface area (Å²) >= 11 is 0. The van der Waals surface area contributed by atoms with E-state index in [9.17, 15) is 0 Å². The lowest BCUT2D eigenvalue weighted by Crippen LogP contribution is -2.52. The van der Waals surface area contributed by atoms with Gasteiger partial charge in [-0.2, -0.15) is 0 Å². The average Bonchev–Trinajstić information content (AvgIpc) is 2.64. The van der Waals surface area contributed by atoms with Crippen LogP contribution in [0.2, 0.25) is 0 Å². The largest absolute Gasteiger partial charge is 0.297 e. The van der Waals surface area contributed by atoms with Crippen LogP contribution in [-0.2, 0) is 0 Å². The normalized spacial score (nSPS) is 29.4. The molecule has 4 aliphatic rings. The van der Waals surface area contributed by atoms with Gasteiger partial charge in [-0.3, -0.25) is 9.80 Å². The molecule has 0 N–H and O–H groups in total. The van der Waals surface area contributed by atoms with Crippen molar-refractivity contribution in [2.24, 2.45) is 17.3 Å². The molecule has 2 bridgehead atoms. The van der Waals surface area contributed by atoms with Crippen LogP contribution in [0.25, 0.3) is 6.08 Å². The highest BCUT2D eigenvalue weighted by Gasteiger charge is 2.51. The maximum Gasteiger partial charge on any atom is 0.0196 e. The first kappa shape index (κ1) is 17.1. The highest BCUT2D eigenvalue weighted by molar-refractivity contribution is 5.48. The number of hydrogen-bond acceptors (Lipinski definition) is 2. The molecule has 2 nitrogen and oxygen atoms in total. The summed E-state index contributed by atoms with van der Waals surface area (Å²) < 4.78 is 0. The van der Waals surface area contributed by atoms with E-state index in [1.54, 1.807) is 5.57 Å². The number of rotatable bonds is 5. The number of allylic oxidation sites excluding steroid dienone is 1. The van der Waals surface area contributed by atoms with Gasteiger partial charge in [0.05, 0.1) is 0 Å². The second kappa shape index (κ2) is 7.09. The van der Waals surface area contributed by atoms with Crippen molar-refractivity contribution < 1.29 is 0 Å². The Balaban J connectivity index is 1.22. The molecule has 1 aromatic rings. The lowest BCUT2D eigenvalue weighted by molar-refractivity contribution is -0.0119. The topological polar surface area (TPSA) is 6.48 Å². The van der Waals surface area contributed by atoms with Gasteiger partial charge in [-0.1, -0.05) is 68.0 Å². The van der Waals surface area contributed by atoms with Gasteiger partial charge in [0.15, 0.2) is 0 Å². The molecular formula is C23H32N2. The molecule has 1 aromatic carbocycles. The molecule has 3 aliphatic carbocycles. The van der Waals surface area contributed by atoms with Gasteiger partial charge < -0.3 is 0 Å². The molecule has 0 aromatic heterocycles. The molecule has 1 saturated carbocycles. The molecule has 2 unspecified atom stereocenters. The van der Waals surface area contributed by atoms with Gasteiger partial charge in [-0.15, -0.1) is 0 Å². The summed E-state index contributed by atoms with van der Waals surface area (Å²) in [7, 11) is 0. The second-order valence-electron chi connectivity index (χ2n) is 8.71. The number of hydrogen-bond donors (Lipinski definition) is 0. The maximum absolute atomic E-state index is 2.68. The van der Waals surface area contributed by atoms with E-state index in [-0.39, 0.29) is 0 Å². The van der Waals surface area contributed by atoms with Crippen LogP contribution in [0.5, 0.6) is 0 Å². The fourth-order valence-electron chi connectivity index (χ4n) is 4.95. The lowest BCUT2D eigenvalue weighted by Gasteiger charge is -2.57. The molecular weight excluding hydrogens is 304 g/mol. The van der Waals surface area contributed by atoms with Crippen molar-refractivity contribution in [1.82, 2.24) is 9.80 Å². The van der Waals surface area contributed by atoms with Crippen LogP contribution in [0, 0.1) is 17.3 Å². The third-order valence-electron chi connectivity index (χ3n) is 6.93. The Hall–Kier alpha value is -1.38. The highest BCUT2D eigenvalue weighted by Crippen LogP contribution is 2.59. The van der Waals surface area contributed by atoms with Gasteiger partial charge in [-0.25, -0.2) is 0 Å². The minimum absolute atomic E-state index is 0.564. The van der Waals surface area contributed by atoms with Crippen molar-refractivity contribution in [2.75, 3.05) is 39.3 Å². The first-order valence-corrected chi connectivity index (χ1v) is 9.98. The van der Waals surface area contributed by atoms with Gasteiger partial charge >= 0.3 is 0 Å². The summed E-state index contributed by atoms with van der Waals surface area (Å²) in [4.78, 5) is 5.26. The summed E-state index contributed by atoms with van der Waals surface area (Å²) in [5.74, 6) is 1.81. The van der Waals surface area contributed by atoms with E-state index in [2.05, 4.69) is 72.2 Å². The Bertz CT molecular complexity index is 635. The number of piperazine rings is 1. The molecule has 0 radical (unpaired) electrons. The van der Waals surface area contributed by atoms with Crippen LogP contribution in [0.4, 0.5) is 0 Å². The third-order valence-corrected chi connectivity index (χ3v) is 6.93. The highest BCUT2D eigenvalue weighted by atomic mass is 15.3. The molecule has 2 heteroatoms. The zero-order valence-electron chi connectivity index (χ0n) is 15.8. The fraction of sp³-hybridized carbons (Fsp3) is 0.565.